The summed E-state index contributed by atoms with van der Waals surface area (Å²) >= 11 is 0. The normalized spacial score (nSPS) is 11.5. The van der Waals surface area contributed by atoms with Gasteiger partial charge in [-0.2, -0.15) is 18.0 Å². The highest BCUT2D eigenvalue weighted by molar-refractivity contribution is 5.75. The third kappa shape index (κ3) is 3.56. The van der Waals surface area contributed by atoms with Crippen LogP contribution < -0.4 is 0 Å². The average Bonchev–Trinajstić information content (AvgIpc) is 2.86. The SMILES string of the molecule is CN(C)C(=O)Cn1nnc(-c2cccc(C(F)(F)F)c2)n1. The molecule has 0 aliphatic carbocycles. The predicted molar refractivity (Wildman–Crippen MR) is 66.9 cm³/mol. The molecule has 0 saturated carbocycles. The van der Waals surface area contributed by atoms with Crippen LogP contribution in [0.4, 0.5) is 13.2 Å². The van der Waals surface area contributed by atoms with Crippen molar-refractivity contribution in [3.63, 3.8) is 0 Å². The van der Waals surface area contributed by atoms with Gasteiger partial charge in [-0.15, -0.1) is 10.2 Å². The van der Waals surface area contributed by atoms with Crippen molar-refractivity contribution in [3.8, 4) is 11.4 Å². The first kappa shape index (κ1) is 14.9. The number of rotatable bonds is 3. The molecule has 2 rings (SSSR count). The minimum atomic E-state index is -4.44. The first-order valence-electron chi connectivity index (χ1n) is 5.93. The molecule has 1 aromatic carbocycles. The van der Waals surface area contributed by atoms with Gasteiger partial charge in [0.05, 0.1) is 5.56 Å². The van der Waals surface area contributed by atoms with Crippen LogP contribution in [0.15, 0.2) is 24.3 Å². The third-order valence-corrected chi connectivity index (χ3v) is 2.68. The van der Waals surface area contributed by atoms with Gasteiger partial charge >= 0.3 is 6.18 Å². The maximum absolute atomic E-state index is 12.6. The van der Waals surface area contributed by atoms with E-state index in [4.69, 9.17) is 0 Å². The number of likely N-dealkylation sites (N-methyl/N-ethyl adjacent to an activating group) is 1. The van der Waals surface area contributed by atoms with Gasteiger partial charge < -0.3 is 4.90 Å². The number of aromatic nitrogens is 4. The molecule has 0 saturated heterocycles. The van der Waals surface area contributed by atoms with Gasteiger partial charge in [-0.1, -0.05) is 12.1 Å². The Morgan fingerprint density at radius 3 is 2.67 bits per heavy atom. The van der Waals surface area contributed by atoms with Gasteiger partial charge in [-0.25, -0.2) is 0 Å². The van der Waals surface area contributed by atoms with Crippen molar-refractivity contribution in [2.24, 2.45) is 0 Å². The summed E-state index contributed by atoms with van der Waals surface area (Å²) in [5.74, 6) is -0.212. The topological polar surface area (TPSA) is 63.9 Å². The Bertz CT molecular complexity index is 650. The highest BCUT2D eigenvalue weighted by Crippen LogP contribution is 2.31. The largest absolute Gasteiger partial charge is 0.416 e. The summed E-state index contributed by atoms with van der Waals surface area (Å²) in [5.41, 5.74) is -0.603. The summed E-state index contributed by atoms with van der Waals surface area (Å²) in [6.07, 6.45) is -4.44. The lowest BCUT2D eigenvalue weighted by Gasteiger charge is -2.08. The molecule has 0 unspecified atom stereocenters. The van der Waals surface area contributed by atoms with Crippen LogP contribution in [0.3, 0.4) is 0 Å². The molecule has 0 atom stereocenters. The number of hydrogen-bond donors (Lipinski definition) is 0. The highest BCUT2D eigenvalue weighted by atomic mass is 19.4. The monoisotopic (exact) mass is 299 g/mol. The first-order chi connectivity index (χ1) is 9.77. The number of hydrogen-bond acceptors (Lipinski definition) is 4. The molecule has 2 aromatic rings. The molecule has 0 radical (unpaired) electrons. The molecule has 1 heterocycles. The van der Waals surface area contributed by atoms with E-state index in [1.54, 1.807) is 14.1 Å². The Balaban J connectivity index is 2.24. The first-order valence-corrected chi connectivity index (χ1v) is 5.93. The molecule has 1 amide bonds. The van der Waals surface area contributed by atoms with Crippen LogP contribution in [-0.2, 0) is 17.5 Å². The summed E-state index contributed by atoms with van der Waals surface area (Å²) in [4.78, 5) is 13.9. The fourth-order valence-electron chi connectivity index (χ4n) is 1.52. The molecule has 0 aliphatic rings. The molecule has 1 aromatic heterocycles. The zero-order chi connectivity index (χ0) is 15.6. The van der Waals surface area contributed by atoms with Crippen molar-refractivity contribution in [1.82, 2.24) is 25.1 Å². The minimum Gasteiger partial charge on any atom is -0.347 e. The number of benzene rings is 1. The van der Waals surface area contributed by atoms with E-state index in [0.29, 0.717) is 0 Å². The molecule has 6 nitrogen and oxygen atoms in total. The van der Waals surface area contributed by atoms with Gasteiger partial charge in [0.25, 0.3) is 0 Å². The quantitative estimate of drug-likeness (QED) is 0.860. The molecule has 0 spiro atoms. The van der Waals surface area contributed by atoms with Crippen LogP contribution in [0.25, 0.3) is 11.4 Å². The Labute approximate surface area is 118 Å². The smallest absolute Gasteiger partial charge is 0.347 e. The second-order valence-electron chi connectivity index (χ2n) is 4.51. The summed E-state index contributed by atoms with van der Waals surface area (Å²) < 4.78 is 37.9. The molecule has 9 heteroatoms. The lowest BCUT2D eigenvalue weighted by molar-refractivity contribution is -0.137. The Morgan fingerprint density at radius 2 is 2.05 bits per heavy atom. The van der Waals surface area contributed by atoms with Gasteiger partial charge in [0.1, 0.15) is 6.54 Å². The van der Waals surface area contributed by atoms with E-state index in [0.717, 1.165) is 16.9 Å². The number of tetrazole rings is 1. The van der Waals surface area contributed by atoms with Crippen LogP contribution in [0.2, 0.25) is 0 Å². The molecule has 21 heavy (non-hydrogen) atoms. The van der Waals surface area contributed by atoms with Crippen molar-refractivity contribution in [3.05, 3.63) is 29.8 Å². The summed E-state index contributed by atoms with van der Waals surface area (Å²) in [5, 5.41) is 11.2. The third-order valence-electron chi connectivity index (χ3n) is 2.68. The van der Waals surface area contributed by atoms with Crippen molar-refractivity contribution in [1.29, 1.82) is 0 Å². The van der Waals surface area contributed by atoms with Crippen LogP contribution in [0.1, 0.15) is 5.56 Å². The summed E-state index contributed by atoms with van der Waals surface area (Å²) in [6, 6.07) is 4.62. The molecule has 0 N–H and O–H groups in total. The highest BCUT2D eigenvalue weighted by Gasteiger charge is 2.30. The van der Waals surface area contributed by atoms with E-state index in [1.165, 1.54) is 17.0 Å². The Kier molecular flexibility index (Phi) is 3.92. The fourth-order valence-corrected chi connectivity index (χ4v) is 1.52. The Morgan fingerprint density at radius 1 is 1.33 bits per heavy atom. The van der Waals surface area contributed by atoms with Crippen LogP contribution in [0.5, 0.6) is 0 Å². The van der Waals surface area contributed by atoms with Crippen LogP contribution in [-0.4, -0.2) is 45.1 Å². The van der Waals surface area contributed by atoms with Gasteiger partial charge in [0.2, 0.25) is 11.7 Å². The zero-order valence-electron chi connectivity index (χ0n) is 11.3. The maximum Gasteiger partial charge on any atom is 0.416 e. The van der Waals surface area contributed by atoms with Crippen molar-refractivity contribution >= 4 is 5.91 Å². The molecular weight excluding hydrogens is 287 g/mol. The van der Waals surface area contributed by atoms with E-state index in [9.17, 15) is 18.0 Å². The number of amides is 1. The number of halogens is 3. The van der Waals surface area contributed by atoms with E-state index in [1.807, 2.05) is 0 Å². The minimum absolute atomic E-state index is 0.0349. The van der Waals surface area contributed by atoms with Gasteiger partial charge in [-0.3, -0.25) is 4.79 Å². The number of carbonyl (C=O) groups is 1. The lowest BCUT2D eigenvalue weighted by Crippen LogP contribution is -2.27. The predicted octanol–water partition coefficient (Wildman–Crippen LogP) is 1.45. The van der Waals surface area contributed by atoms with Gasteiger partial charge in [0, 0.05) is 19.7 Å². The van der Waals surface area contributed by atoms with Crippen LogP contribution >= 0.6 is 0 Å². The lowest BCUT2D eigenvalue weighted by atomic mass is 10.1. The van der Waals surface area contributed by atoms with E-state index in [2.05, 4.69) is 15.4 Å². The Hall–Kier alpha value is -2.45. The number of alkyl halides is 3. The van der Waals surface area contributed by atoms with E-state index < -0.39 is 11.7 Å². The second kappa shape index (κ2) is 5.51. The molecule has 112 valence electrons. The standard InChI is InChI=1S/C12H12F3N5O/c1-19(2)10(21)7-20-17-11(16-18-20)8-4-3-5-9(6-8)12(13,14)15/h3-6H,7H2,1-2H3. The fraction of sp³-hybridized carbons (Fsp3) is 0.333. The molecule has 0 fully saturated rings. The van der Waals surface area contributed by atoms with Gasteiger partial charge in [-0.05, 0) is 17.3 Å². The second-order valence-corrected chi connectivity index (χ2v) is 4.51. The molecule has 0 aliphatic heterocycles. The van der Waals surface area contributed by atoms with Crippen molar-refractivity contribution in [2.45, 2.75) is 12.7 Å². The van der Waals surface area contributed by atoms with Crippen LogP contribution in [0, 0.1) is 0 Å². The van der Waals surface area contributed by atoms with Crippen molar-refractivity contribution < 1.29 is 18.0 Å². The van der Waals surface area contributed by atoms with E-state index >= 15 is 0 Å². The zero-order valence-corrected chi connectivity index (χ0v) is 11.3. The maximum atomic E-state index is 12.6. The van der Waals surface area contributed by atoms with Gasteiger partial charge in [0.15, 0.2) is 0 Å². The van der Waals surface area contributed by atoms with E-state index in [-0.39, 0.29) is 23.8 Å². The molecule has 0 bridgehead atoms. The summed E-state index contributed by atoms with van der Waals surface area (Å²) in [6.45, 7) is -0.126. The summed E-state index contributed by atoms with van der Waals surface area (Å²) in [7, 11) is 3.15. The molecular formula is C12H12F3N5O. The number of carbonyl (C=O) groups excluding carboxylic acids is 1. The average molecular weight is 299 g/mol. The number of nitrogens with zero attached hydrogens (tertiary/aromatic N) is 5. The van der Waals surface area contributed by atoms with Crippen molar-refractivity contribution in [2.75, 3.05) is 14.1 Å².